The monoisotopic (exact) mass is 270 g/mol. The third-order valence-corrected chi connectivity index (χ3v) is 3.64. The molecule has 0 bridgehead atoms. The molecule has 0 aliphatic carbocycles. The molecule has 5 heteroatoms. The van der Waals surface area contributed by atoms with Crippen LogP contribution < -0.4 is 10.2 Å². The predicted molar refractivity (Wildman–Crippen MR) is 78.7 cm³/mol. The van der Waals surface area contributed by atoms with Crippen molar-refractivity contribution in [3.8, 4) is 0 Å². The van der Waals surface area contributed by atoms with Crippen LogP contribution in [-0.2, 0) is 24.8 Å². The van der Waals surface area contributed by atoms with Gasteiger partial charge in [0.25, 0.3) is 0 Å². The van der Waals surface area contributed by atoms with Crippen molar-refractivity contribution in [3.63, 3.8) is 0 Å². The van der Waals surface area contributed by atoms with E-state index in [1.807, 2.05) is 40.9 Å². The molecule has 0 saturated carbocycles. The molecule has 1 aromatic carbocycles. The number of carbonyl (C=O) groups excluding carboxylic acids is 1. The number of nitrogens with zero attached hydrogens (tertiary/aromatic N) is 3. The van der Waals surface area contributed by atoms with E-state index in [2.05, 4.69) is 23.4 Å². The van der Waals surface area contributed by atoms with Gasteiger partial charge in [-0.1, -0.05) is 19.1 Å². The van der Waals surface area contributed by atoms with Crippen molar-refractivity contribution in [2.75, 3.05) is 16.8 Å². The third-order valence-electron chi connectivity index (χ3n) is 3.64. The van der Waals surface area contributed by atoms with Crippen molar-refractivity contribution >= 4 is 17.3 Å². The number of para-hydroxylation sites is 2. The zero-order valence-corrected chi connectivity index (χ0v) is 11.8. The lowest BCUT2D eigenvalue weighted by Gasteiger charge is -2.30. The van der Waals surface area contributed by atoms with Crippen molar-refractivity contribution in [2.24, 2.45) is 7.05 Å². The van der Waals surface area contributed by atoms with E-state index in [1.165, 1.54) is 0 Å². The van der Waals surface area contributed by atoms with Crippen molar-refractivity contribution < 1.29 is 4.79 Å². The number of carbonyl (C=O) groups is 1. The normalized spacial score (nSPS) is 14.1. The molecular formula is C15H18N4O. The van der Waals surface area contributed by atoms with E-state index in [1.54, 1.807) is 0 Å². The van der Waals surface area contributed by atoms with Crippen molar-refractivity contribution in [2.45, 2.75) is 19.9 Å². The van der Waals surface area contributed by atoms with E-state index < -0.39 is 0 Å². The molecular weight excluding hydrogens is 252 g/mol. The topological polar surface area (TPSA) is 50.2 Å². The highest BCUT2D eigenvalue weighted by Gasteiger charge is 2.24. The largest absolute Gasteiger partial charge is 0.374 e. The maximum Gasteiger partial charge on any atom is 0.246 e. The van der Waals surface area contributed by atoms with Crippen LogP contribution in [0.1, 0.15) is 18.3 Å². The summed E-state index contributed by atoms with van der Waals surface area (Å²) >= 11 is 0. The van der Waals surface area contributed by atoms with Crippen LogP contribution in [0.4, 0.5) is 11.4 Å². The Morgan fingerprint density at radius 1 is 1.35 bits per heavy atom. The summed E-state index contributed by atoms with van der Waals surface area (Å²) in [6.07, 6.45) is 0.903. The second kappa shape index (κ2) is 5.00. The summed E-state index contributed by atoms with van der Waals surface area (Å²) in [4.78, 5) is 14.0. The van der Waals surface area contributed by atoms with Crippen LogP contribution in [0.2, 0.25) is 0 Å². The molecule has 1 aliphatic rings. The van der Waals surface area contributed by atoms with Crippen molar-refractivity contribution in [1.29, 1.82) is 0 Å². The summed E-state index contributed by atoms with van der Waals surface area (Å²) in [7, 11) is 1.92. The van der Waals surface area contributed by atoms with Crippen molar-refractivity contribution in [3.05, 3.63) is 41.7 Å². The van der Waals surface area contributed by atoms with E-state index in [0.717, 1.165) is 29.2 Å². The fraction of sp³-hybridized carbons (Fsp3) is 0.333. The van der Waals surface area contributed by atoms with Gasteiger partial charge in [-0.15, -0.1) is 0 Å². The highest BCUT2D eigenvalue weighted by Crippen LogP contribution is 2.30. The third kappa shape index (κ3) is 2.15. The Balaban J connectivity index is 1.93. The van der Waals surface area contributed by atoms with Gasteiger partial charge in [0.05, 0.1) is 35.9 Å². The second-order valence-corrected chi connectivity index (χ2v) is 4.95. The van der Waals surface area contributed by atoms with Gasteiger partial charge in [0, 0.05) is 7.05 Å². The molecule has 0 atom stereocenters. The van der Waals surface area contributed by atoms with Crippen LogP contribution in [0, 0.1) is 0 Å². The van der Waals surface area contributed by atoms with E-state index in [9.17, 15) is 4.79 Å². The molecule has 104 valence electrons. The van der Waals surface area contributed by atoms with Gasteiger partial charge in [-0.05, 0) is 24.6 Å². The maximum absolute atomic E-state index is 12.2. The minimum Gasteiger partial charge on any atom is -0.374 e. The van der Waals surface area contributed by atoms with Crippen LogP contribution in [-0.4, -0.2) is 22.2 Å². The molecule has 1 amide bonds. The number of nitrogens with one attached hydrogen (secondary N) is 1. The zero-order valence-electron chi connectivity index (χ0n) is 11.8. The summed E-state index contributed by atoms with van der Waals surface area (Å²) < 4.78 is 1.86. The number of hydrogen-bond donors (Lipinski definition) is 1. The minimum absolute atomic E-state index is 0.0861. The molecule has 0 spiro atoms. The molecule has 1 aliphatic heterocycles. The van der Waals surface area contributed by atoms with Gasteiger partial charge in [0.1, 0.15) is 0 Å². The standard InChI is InChI=1S/C15H18N4O/c1-3-11-8-12(18(2)17-11)10-19-14-7-5-4-6-13(14)16-9-15(19)20/h4-8,16H,3,9-10H2,1-2H3. The van der Waals surface area contributed by atoms with Crippen LogP contribution in [0.5, 0.6) is 0 Å². The van der Waals surface area contributed by atoms with Gasteiger partial charge >= 0.3 is 0 Å². The fourth-order valence-corrected chi connectivity index (χ4v) is 2.49. The lowest BCUT2D eigenvalue weighted by atomic mass is 10.2. The van der Waals surface area contributed by atoms with E-state index in [-0.39, 0.29) is 5.91 Å². The van der Waals surface area contributed by atoms with Crippen LogP contribution in [0.3, 0.4) is 0 Å². The van der Waals surface area contributed by atoms with Gasteiger partial charge < -0.3 is 10.2 Å². The number of benzene rings is 1. The summed E-state index contributed by atoms with van der Waals surface area (Å²) in [6.45, 7) is 2.98. The minimum atomic E-state index is 0.0861. The van der Waals surface area contributed by atoms with Crippen LogP contribution in [0.15, 0.2) is 30.3 Å². The Labute approximate surface area is 118 Å². The fourth-order valence-electron chi connectivity index (χ4n) is 2.49. The molecule has 2 aromatic rings. The molecule has 0 fully saturated rings. The molecule has 2 heterocycles. The number of hydrogen-bond acceptors (Lipinski definition) is 3. The molecule has 0 saturated heterocycles. The lowest BCUT2D eigenvalue weighted by Crippen LogP contribution is -2.39. The van der Waals surface area contributed by atoms with Crippen LogP contribution >= 0.6 is 0 Å². The first-order valence-electron chi connectivity index (χ1n) is 6.84. The van der Waals surface area contributed by atoms with Gasteiger partial charge in [-0.25, -0.2) is 0 Å². The molecule has 1 aromatic heterocycles. The summed E-state index contributed by atoms with van der Waals surface area (Å²) in [6, 6.07) is 9.95. The quantitative estimate of drug-likeness (QED) is 0.927. The Bertz CT molecular complexity index is 647. The Morgan fingerprint density at radius 3 is 2.90 bits per heavy atom. The Hall–Kier alpha value is -2.30. The Morgan fingerprint density at radius 2 is 2.15 bits per heavy atom. The molecule has 1 N–H and O–H groups in total. The SMILES string of the molecule is CCc1cc(CN2C(=O)CNc3ccccc32)n(C)n1. The number of rotatable bonds is 3. The van der Waals surface area contributed by atoms with Gasteiger partial charge in [0.2, 0.25) is 5.91 Å². The maximum atomic E-state index is 12.2. The first-order chi connectivity index (χ1) is 9.69. The number of aryl methyl sites for hydroxylation is 2. The van der Waals surface area contributed by atoms with Gasteiger partial charge in [-0.2, -0.15) is 5.10 Å². The smallest absolute Gasteiger partial charge is 0.246 e. The number of fused-ring (bicyclic) bond motifs is 1. The van der Waals surface area contributed by atoms with E-state index in [0.29, 0.717) is 13.1 Å². The number of amides is 1. The average molecular weight is 270 g/mol. The first-order valence-corrected chi connectivity index (χ1v) is 6.84. The van der Waals surface area contributed by atoms with Crippen molar-refractivity contribution in [1.82, 2.24) is 9.78 Å². The predicted octanol–water partition coefficient (Wildman–Crippen LogP) is 1.94. The number of anilines is 2. The first kappa shape index (κ1) is 12.7. The summed E-state index contributed by atoms with van der Waals surface area (Å²) in [5.74, 6) is 0.0861. The average Bonchev–Trinajstić information content (AvgIpc) is 2.82. The van der Waals surface area contributed by atoms with E-state index in [4.69, 9.17) is 0 Å². The molecule has 5 nitrogen and oxygen atoms in total. The van der Waals surface area contributed by atoms with Gasteiger partial charge in [0.15, 0.2) is 0 Å². The second-order valence-electron chi connectivity index (χ2n) is 4.95. The highest BCUT2D eigenvalue weighted by molar-refractivity contribution is 6.02. The van der Waals surface area contributed by atoms with Gasteiger partial charge in [-0.3, -0.25) is 9.48 Å². The van der Waals surface area contributed by atoms with E-state index >= 15 is 0 Å². The Kier molecular flexibility index (Phi) is 3.18. The summed E-state index contributed by atoms with van der Waals surface area (Å²) in [5, 5.41) is 7.58. The lowest BCUT2D eigenvalue weighted by molar-refractivity contribution is -0.117. The number of aromatic nitrogens is 2. The summed E-state index contributed by atoms with van der Waals surface area (Å²) in [5.41, 5.74) is 4.04. The van der Waals surface area contributed by atoms with Crippen LogP contribution in [0.25, 0.3) is 0 Å². The molecule has 0 unspecified atom stereocenters. The molecule has 20 heavy (non-hydrogen) atoms. The highest BCUT2D eigenvalue weighted by atomic mass is 16.2. The zero-order chi connectivity index (χ0) is 14.1. The molecule has 0 radical (unpaired) electrons. The molecule has 3 rings (SSSR count).